The van der Waals surface area contributed by atoms with Gasteiger partial charge in [-0.3, -0.25) is 0 Å². The lowest BCUT2D eigenvalue weighted by Gasteiger charge is -2.38. The van der Waals surface area contributed by atoms with Gasteiger partial charge in [0.1, 0.15) is 42.9 Å². The van der Waals surface area contributed by atoms with Crippen LogP contribution in [0.4, 0.5) is 0 Å². The molecule has 1 fully saturated rings. The van der Waals surface area contributed by atoms with Crippen LogP contribution in [0, 0.1) is 0 Å². The highest BCUT2D eigenvalue weighted by Crippen LogP contribution is 2.33. The number of ether oxygens (including phenoxy) is 6. The van der Waals surface area contributed by atoms with Gasteiger partial charge in [0.25, 0.3) is 0 Å². The Kier molecular flexibility index (Phi) is 16.9. The summed E-state index contributed by atoms with van der Waals surface area (Å²) in [7, 11) is 0. The largest absolute Gasteiger partial charge is 0.491 e. The van der Waals surface area contributed by atoms with Crippen LogP contribution in [0.2, 0.25) is 5.02 Å². The van der Waals surface area contributed by atoms with Gasteiger partial charge in [-0.25, -0.2) is 0 Å². The lowest BCUT2D eigenvalue weighted by molar-refractivity contribution is -0.207. The van der Waals surface area contributed by atoms with Crippen LogP contribution >= 0.6 is 11.6 Å². The van der Waals surface area contributed by atoms with Crippen LogP contribution in [0.25, 0.3) is 0 Å². The van der Waals surface area contributed by atoms with Gasteiger partial charge < -0.3 is 38.6 Å². The molecule has 61 heavy (non-hydrogen) atoms. The van der Waals surface area contributed by atoms with Gasteiger partial charge in [0.2, 0.25) is 0 Å². The van der Waals surface area contributed by atoms with Gasteiger partial charge in [0.05, 0.1) is 45.7 Å². The predicted molar refractivity (Wildman–Crippen MR) is 237 cm³/mol. The van der Waals surface area contributed by atoms with Crippen LogP contribution in [0.3, 0.4) is 0 Å². The molecule has 6 aromatic rings. The van der Waals surface area contributed by atoms with Gasteiger partial charge in [0, 0.05) is 5.02 Å². The van der Waals surface area contributed by atoms with Gasteiger partial charge in [-0.15, -0.1) is 0 Å². The molecule has 2 N–H and O–H groups in total. The maximum atomic E-state index is 12.6. The third-order valence-corrected chi connectivity index (χ3v) is 10.9. The quantitative estimate of drug-likeness (QED) is 0.0551. The minimum absolute atomic E-state index is 0.0514. The molecule has 1 aliphatic carbocycles. The summed E-state index contributed by atoms with van der Waals surface area (Å²) in [6, 6.07) is 52.6. The summed E-state index contributed by atoms with van der Waals surface area (Å²) in [4.78, 5) is 0. The van der Waals surface area contributed by atoms with Crippen molar-refractivity contribution in [1.82, 2.24) is 0 Å². The monoisotopic (exact) mass is 842 g/mol. The third-order valence-electron chi connectivity index (χ3n) is 10.6. The molecule has 1 saturated carbocycles. The number of hydrogen-bond acceptors (Lipinski definition) is 8. The molecule has 6 aromatic carbocycles. The van der Waals surface area contributed by atoms with E-state index < -0.39 is 30.5 Å². The molecule has 0 amide bonds. The molecule has 0 bridgehead atoms. The highest BCUT2D eigenvalue weighted by molar-refractivity contribution is 6.31. The number of aliphatic hydroxyl groups excluding tert-OH is 2. The zero-order valence-corrected chi connectivity index (χ0v) is 35.1. The molecule has 0 aliphatic heterocycles. The van der Waals surface area contributed by atoms with E-state index in [2.05, 4.69) is 0 Å². The van der Waals surface area contributed by atoms with Crippen molar-refractivity contribution in [2.45, 2.75) is 82.3 Å². The van der Waals surface area contributed by atoms with Gasteiger partial charge in [-0.1, -0.05) is 157 Å². The summed E-state index contributed by atoms with van der Waals surface area (Å²) in [5.74, 6) is 0.773. The van der Waals surface area contributed by atoms with E-state index in [4.69, 9.17) is 40.0 Å². The highest BCUT2D eigenvalue weighted by atomic mass is 35.5. The molecule has 9 heteroatoms. The fourth-order valence-electron chi connectivity index (χ4n) is 7.07. The van der Waals surface area contributed by atoms with E-state index >= 15 is 0 Å². The Morgan fingerprint density at radius 2 is 1.03 bits per heavy atom. The van der Waals surface area contributed by atoms with Crippen LogP contribution in [0.5, 0.6) is 5.75 Å². The van der Waals surface area contributed by atoms with Crippen molar-refractivity contribution >= 4 is 11.6 Å². The van der Waals surface area contributed by atoms with Crippen molar-refractivity contribution in [2.75, 3.05) is 19.8 Å². The average molecular weight is 843 g/mol. The van der Waals surface area contributed by atoms with E-state index in [1.807, 2.05) is 158 Å². The maximum absolute atomic E-state index is 12.6. The molecular weight excluding hydrogens is 788 g/mol. The summed E-state index contributed by atoms with van der Waals surface area (Å²) >= 11 is 6.84. The standard InChI is InChI=1S/C52H55ClO8/c53-47-28-23-43(32-44(47)31-38-21-24-45(25-22-38)57-29-30-58-46-26-27-46)49(55)51(60-35-41-17-9-3-10-18-41)52(61-36-42-19-11-4-12-20-42)50(59-34-40-15-7-2-8-16-40)48(54)37-56-33-39-13-5-1-6-14-39/h1-25,28,32,46,48-52,54-55H,26-27,29-31,33-37H2/t48-,49?,50-,51+,52+/m1/s1. The maximum Gasteiger partial charge on any atom is 0.119 e. The first-order valence-corrected chi connectivity index (χ1v) is 21.4. The van der Waals surface area contributed by atoms with Crippen molar-refractivity contribution in [2.24, 2.45) is 0 Å². The zero-order chi connectivity index (χ0) is 42.1. The molecule has 318 valence electrons. The second-order valence-electron chi connectivity index (χ2n) is 15.4. The fraction of sp³-hybridized carbons (Fsp3) is 0.308. The van der Waals surface area contributed by atoms with E-state index in [1.54, 1.807) is 6.07 Å². The molecule has 0 spiro atoms. The smallest absolute Gasteiger partial charge is 0.119 e. The first-order valence-electron chi connectivity index (χ1n) is 21.0. The van der Waals surface area contributed by atoms with E-state index in [0.29, 0.717) is 42.9 Å². The van der Waals surface area contributed by atoms with Gasteiger partial charge in [0.15, 0.2) is 0 Å². The molecule has 0 aromatic heterocycles. The van der Waals surface area contributed by atoms with Crippen LogP contribution in [-0.4, -0.2) is 60.6 Å². The van der Waals surface area contributed by atoms with E-state index in [0.717, 1.165) is 52.0 Å². The Morgan fingerprint density at radius 1 is 0.525 bits per heavy atom. The number of hydrogen-bond donors (Lipinski definition) is 2. The Hall–Kier alpha value is -4.87. The Balaban J connectivity index is 1.17. The minimum Gasteiger partial charge on any atom is -0.491 e. The topological polar surface area (TPSA) is 95.8 Å². The van der Waals surface area contributed by atoms with Crippen molar-refractivity contribution in [3.8, 4) is 5.75 Å². The lowest BCUT2D eigenvalue weighted by atomic mass is 9.92. The van der Waals surface area contributed by atoms with Crippen molar-refractivity contribution in [1.29, 1.82) is 0 Å². The summed E-state index contributed by atoms with van der Waals surface area (Å²) in [5.41, 5.74) is 6.16. The Bertz CT molecular complexity index is 2140. The summed E-state index contributed by atoms with van der Waals surface area (Å²) in [5, 5.41) is 25.2. The zero-order valence-electron chi connectivity index (χ0n) is 34.3. The van der Waals surface area contributed by atoms with Crippen LogP contribution in [0.1, 0.15) is 57.9 Å². The molecule has 0 heterocycles. The van der Waals surface area contributed by atoms with E-state index in [9.17, 15) is 10.2 Å². The minimum atomic E-state index is -1.23. The van der Waals surface area contributed by atoms with Gasteiger partial charge in [-0.05, 0) is 76.4 Å². The fourth-order valence-corrected chi connectivity index (χ4v) is 7.25. The first-order chi connectivity index (χ1) is 30.0. The molecule has 8 nitrogen and oxygen atoms in total. The average Bonchev–Trinajstić information content (AvgIpc) is 4.14. The van der Waals surface area contributed by atoms with E-state index in [-0.39, 0.29) is 26.4 Å². The SMILES string of the molecule is OC(c1ccc(Cl)c(Cc2ccc(OCCOC3CC3)cc2)c1)[C@H](OCc1ccccc1)[C@@H](OCc1ccccc1)[C@H](OCc1ccccc1)[C@H](O)COCc1ccccc1. The molecule has 0 saturated heterocycles. The number of aliphatic hydroxyl groups is 2. The molecule has 7 rings (SSSR count). The second-order valence-corrected chi connectivity index (χ2v) is 15.8. The van der Waals surface area contributed by atoms with Crippen LogP contribution in [-0.2, 0) is 56.5 Å². The lowest BCUT2D eigenvalue weighted by Crippen LogP contribution is -2.51. The van der Waals surface area contributed by atoms with Gasteiger partial charge >= 0.3 is 0 Å². The van der Waals surface area contributed by atoms with Crippen molar-refractivity contribution < 1.29 is 38.6 Å². The predicted octanol–water partition coefficient (Wildman–Crippen LogP) is 9.86. The first kappa shape index (κ1) is 44.2. The molecular formula is C52H55ClO8. The second kappa shape index (κ2) is 23.4. The number of halogens is 1. The van der Waals surface area contributed by atoms with Gasteiger partial charge in [-0.2, -0.15) is 0 Å². The molecule has 0 radical (unpaired) electrons. The van der Waals surface area contributed by atoms with E-state index in [1.165, 1.54) is 0 Å². The Labute approximate surface area is 364 Å². The van der Waals surface area contributed by atoms with Crippen LogP contribution < -0.4 is 4.74 Å². The highest BCUT2D eigenvalue weighted by Gasteiger charge is 2.41. The Morgan fingerprint density at radius 3 is 1.57 bits per heavy atom. The van der Waals surface area contributed by atoms with Crippen molar-refractivity contribution in [3.05, 3.63) is 208 Å². The molecule has 1 unspecified atom stereocenters. The summed E-state index contributed by atoms with van der Waals surface area (Å²) < 4.78 is 37.9. The molecule has 1 aliphatic rings. The normalized spacial score (nSPS) is 15.1. The summed E-state index contributed by atoms with van der Waals surface area (Å²) in [6.07, 6.45) is -2.21. The number of rotatable bonds is 25. The molecule has 5 atom stereocenters. The number of benzene rings is 6. The summed E-state index contributed by atoms with van der Waals surface area (Å²) in [6.45, 7) is 1.84. The third kappa shape index (κ3) is 14.1. The van der Waals surface area contributed by atoms with Crippen LogP contribution in [0.15, 0.2) is 164 Å². The van der Waals surface area contributed by atoms with Crippen molar-refractivity contribution in [3.63, 3.8) is 0 Å².